The van der Waals surface area contributed by atoms with Crippen molar-refractivity contribution in [2.75, 3.05) is 36.8 Å². The second-order valence-corrected chi connectivity index (χ2v) is 4.34. The molecule has 7 nitrogen and oxygen atoms in total. The van der Waals surface area contributed by atoms with Gasteiger partial charge in [0.15, 0.2) is 0 Å². The monoisotopic (exact) mass is 251 g/mol. The van der Waals surface area contributed by atoms with Gasteiger partial charge < -0.3 is 20.6 Å². The Balaban J connectivity index is 2.13. The largest absolute Gasteiger partial charge is 0.389 e. The first kappa shape index (κ1) is 12.6. The molecule has 0 spiro atoms. The highest BCUT2D eigenvalue weighted by Gasteiger charge is 2.23. The van der Waals surface area contributed by atoms with Gasteiger partial charge in [-0.05, 0) is 6.07 Å². The molecule has 2 heterocycles. The van der Waals surface area contributed by atoms with Crippen LogP contribution in [0.4, 0.5) is 11.8 Å². The summed E-state index contributed by atoms with van der Waals surface area (Å²) in [6, 6.07) is 1.74. The van der Waals surface area contributed by atoms with Gasteiger partial charge in [0, 0.05) is 39.3 Å². The summed E-state index contributed by atoms with van der Waals surface area (Å²) >= 11 is 0. The maximum atomic E-state index is 11.3. The van der Waals surface area contributed by atoms with Gasteiger partial charge in [-0.25, -0.2) is 4.98 Å². The van der Waals surface area contributed by atoms with Crippen LogP contribution >= 0.6 is 0 Å². The second-order valence-electron chi connectivity index (χ2n) is 4.34. The number of aliphatic hydroxyl groups excluding tert-OH is 1. The molecule has 1 fully saturated rings. The van der Waals surface area contributed by atoms with Crippen LogP contribution < -0.4 is 10.6 Å². The summed E-state index contributed by atoms with van der Waals surface area (Å²) in [7, 11) is 0. The van der Waals surface area contributed by atoms with Crippen molar-refractivity contribution >= 4 is 17.7 Å². The number of aliphatic hydroxyl groups is 1. The summed E-state index contributed by atoms with van der Waals surface area (Å²) in [6.07, 6.45) is 0.991. The first-order chi connectivity index (χ1) is 8.56. The molecule has 1 aliphatic rings. The lowest BCUT2D eigenvalue weighted by molar-refractivity contribution is -0.129. The molecule has 98 valence electrons. The minimum atomic E-state index is -0.590. The number of nitrogens with zero attached hydrogens (tertiary/aromatic N) is 4. The van der Waals surface area contributed by atoms with Crippen LogP contribution in [0.3, 0.4) is 0 Å². The summed E-state index contributed by atoms with van der Waals surface area (Å²) < 4.78 is 0. The van der Waals surface area contributed by atoms with Gasteiger partial charge in [-0.3, -0.25) is 4.79 Å². The summed E-state index contributed by atoms with van der Waals surface area (Å²) in [5, 5.41) is 9.90. The third-order valence-electron chi connectivity index (χ3n) is 2.93. The van der Waals surface area contributed by atoms with Crippen molar-refractivity contribution in [1.29, 1.82) is 0 Å². The summed E-state index contributed by atoms with van der Waals surface area (Å²) in [5.41, 5.74) is 5.54. The van der Waals surface area contributed by atoms with E-state index < -0.39 is 6.10 Å². The zero-order chi connectivity index (χ0) is 13.1. The van der Waals surface area contributed by atoms with E-state index >= 15 is 0 Å². The lowest BCUT2D eigenvalue weighted by Crippen LogP contribution is -2.36. The van der Waals surface area contributed by atoms with Gasteiger partial charge in [0.05, 0.1) is 6.10 Å². The third-order valence-corrected chi connectivity index (χ3v) is 2.93. The maximum Gasteiger partial charge on any atom is 0.221 e. The van der Waals surface area contributed by atoms with Crippen molar-refractivity contribution in [3.05, 3.63) is 12.3 Å². The topological polar surface area (TPSA) is 95.6 Å². The standard InChI is InChI=1S/C11H17N5O2/c1-8(17)15-4-5-16(7-9(18)6-15)10-2-3-13-11(12)14-10/h2-3,9,18H,4-7H2,1H3,(H2,12,13,14). The van der Waals surface area contributed by atoms with Crippen LogP contribution in [0.5, 0.6) is 0 Å². The average Bonchev–Trinajstić information content (AvgIpc) is 2.51. The van der Waals surface area contributed by atoms with Crippen molar-refractivity contribution in [2.24, 2.45) is 0 Å². The average molecular weight is 251 g/mol. The Hall–Kier alpha value is -1.89. The Morgan fingerprint density at radius 1 is 1.50 bits per heavy atom. The Morgan fingerprint density at radius 2 is 2.28 bits per heavy atom. The van der Waals surface area contributed by atoms with Gasteiger partial charge in [0.25, 0.3) is 0 Å². The molecule has 0 radical (unpaired) electrons. The van der Waals surface area contributed by atoms with E-state index in [-0.39, 0.29) is 11.9 Å². The third kappa shape index (κ3) is 2.86. The minimum absolute atomic E-state index is 0.0295. The molecule has 1 atom stereocenters. The molecule has 1 amide bonds. The molecule has 18 heavy (non-hydrogen) atoms. The molecule has 0 aliphatic carbocycles. The van der Waals surface area contributed by atoms with Crippen molar-refractivity contribution in [2.45, 2.75) is 13.0 Å². The Bertz CT molecular complexity index is 439. The zero-order valence-corrected chi connectivity index (χ0v) is 10.3. The van der Waals surface area contributed by atoms with Crippen LogP contribution in [0.1, 0.15) is 6.92 Å². The first-order valence-electron chi connectivity index (χ1n) is 5.83. The quantitative estimate of drug-likeness (QED) is 0.671. The zero-order valence-electron chi connectivity index (χ0n) is 10.3. The number of nitrogens with two attached hydrogens (primary N) is 1. The predicted molar refractivity (Wildman–Crippen MR) is 66.9 cm³/mol. The van der Waals surface area contributed by atoms with Crippen molar-refractivity contribution in [3.8, 4) is 0 Å². The van der Waals surface area contributed by atoms with E-state index in [1.807, 2.05) is 4.90 Å². The van der Waals surface area contributed by atoms with E-state index in [0.717, 1.165) is 0 Å². The molecule has 0 aromatic carbocycles. The van der Waals surface area contributed by atoms with E-state index in [0.29, 0.717) is 32.0 Å². The van der Waals surface area contributed by atoms with Gasteiger partial charge in [-0.2, -0.15) is 4.98 Å². The lowest BCUT2D eigenvalue weighted by Gasteiger charge is -2.22. The number of anilines is 2. The van der Waals surface area contributed by atoms with Crippen molar-refractivity contribution < 1.29 is 9.90 Å². The van der Waals surface area contributed by atoms with Crippen LogP contribution in [-0.2, 0) is 4.79 Å². The van der Waals surface area contributed by atoms with E-state index in [2.05, 4.69) is 9.97 Å². The molecule has 3 N–H and O–H groups in total. The highest BCUT2D eigenvalue weighted by Crippen LogP contribution is 2.14. The van der Waals surface area contributed by atoms with Gasteiger partial charge in [0.2, 0.25) is 11.9 Å². The predicted octanol–water partition coefficient (Wildman–Crippen LogP) is -0.912. The number of rotatable bonds is 1. The number of nitrogen functional groups attached to an aromatic ring is 1. The molecule has 0 bridgehead atoms. The van der Waals surface area contributed by atoms with Crippen LogP contribution in [-0.4, -0.2) is 58.2 Å². The maximum absolute atomic E-state index is 11.3. The fourth-order valence-corrected chi connectivity index (χ4v) is 2.02. The SMILES string of the molecule is CC(=O)N1CCN(c2ccnc(N)n2)CC(O)C1. The molecular formula is C11H17N5O2. The van der Waals surface area contributed by atoms with Crippen LogP contribution in [0, 0.1) is 0 Å². The smallest absolute Gasteiger partial charge is 0.221 e. The number of hydrogen-bond acceptors (Lipinski definition) is 6. The molecule has 1 aromatic heterocycles. The normalized spacial score (nSPS) is 20.7. The fraction of sp³-hybridized carbons (Fsp3) is 0.545. The molecular weight excluding hydrogens is 234 g/mol. The van der Waals surface area contributed by atoms with Crippen LogP contribution in [0.15, 0.2) is 12.3 Å². The molecule has 1 saturated heterocycles. The molecule has 1 unspecified atom stereocenters. The number of β-amino-alcohol motifs (C(OH)–C–C–N with tert-alkyl or cyclic N) is 1. The molecule has 1 aromatic rings. The number of aromatic nitrogens is 2. The highest BCUT2D eigenvalue weighted by molar-refractivity contribution is 5.73. The second kappa shape index (κ2) is 5.18. The summed E-state index contributed by atoms with van der Waals surface area (Å²) in [6.45, 7) is 3.47. The number of carbonyl (C=O) groups excluding carboxylic acids is 1. The molecule has 0 saturated carbocycles. The number of amides is 1. The highest BCUT2D eigenvalue weighted by atomic mass is 16.3. The Morgan fingerprint density at radius 3 is 2.94 bits per heavy atom. The Labute approximate surface area is 105 Å². The van der Waals surface area contributed by atoms with Crippen LogP contribution in [0.2, 0.25) is 0 Å². The van der Waals surface area contributed by atoms with E-state index in [1.54, 1.807) is 17.2 Å². The molecule has 1 aliphatic heterocycles. The summed E-state index contributed by atoms with van der Waals surface area (Å²) in [5.74, 6) is 0.847. The number of hydrogen-bond donors (Lipinski definition) is 2. The van der Waals surface area contributed by atoms with E-state index in [1.165, 1.54) is 6.92 Å². The van der Waals surface area contributed by atoms with Gasteiger partial charge >= 0.3 is 0 Å². The van der Waals surface area contributed by atoms with Crippen molar-refractivity contribution in [3.63, 3.8) is 0 Å². The van der Waals surface area contributed by atoms with Crippen molar-refractivity contribution in [1.82, 2.24) is 14.9 Å². The molecule has 7 heteroatoms. The van der Waals surface area contributed by atoms with E-state index in [4.69, 9.17) is 5.73 Å². The van der Waals surface area contributed by atoms with Gasteiger partial charge in [-0.15, -0.1) is 0 Å². The Kier molecular flexibility index (Phi) is 3.61. The number of carbonyl (C=O) groups is 1. The fourth-order valence-electron chi connectivity index (χ4n) is 2.02. The van der Waals surface area contributed by atoms with Gasteiger partial charge in [-0.1, -0.05) is 0 Å². The molecule has 2 rings (SSSR count). The summed E-state index contributed by atoms with van der Waals surface area (Å²) in [4.78, 5) is 22.8. The lowest BCUT2D eigenvalue weighted by atomic mass is 10.3. The van der Waals surface area contributed by atoms with Gasteiger partial charge in [0.1, 0.15) is 5.82 Å². The first-order valence-corrected chi connectivity index (χ1v) is 5.83. The van der Waals surface area contributed by atoms with Crippen LogP contribution in [0.25, 0.3) is 0 Å². The van der Waals surface area contributed by atoms with E-state index in [9.17, 15) is 9.90 Å². The minimum Gasteiger partial charge on any atom is -0.389 e.